The molecule has 0 spiro atoms. The Morgan fingerprint density at radius 2 is 1.63 bits per heavy atom. The summed E-state index contributed by atoms with van der Waals surface area (Å²) >= 11 is 0. The number of nitrogens with one attached hydrogen (secondary N) is 1. The molecule has 0 aromatic heterocycles. The summed E-state index contributed by atoms with van der Waals surface area (Å²) in [6.07, 6.45) is 0. The number of nitrogens with zero attached hydrogens (tertiary/aromatic N) is 3. The number of rotatable bonds is 6. The van der Waals surface area contributed by atoms with Gasteiger partial charge in [-0.1, -0.05) is 18.2 Å². The molecule has 2 heterocycles. The number of anilines is 2. The molecule has 1 N–H and O–H groups in total. The second-order valence-corrected chi connectivity index (χ2v) is 7.74. The Kier molecular flexibility index (Phi) is 6.81. The maximum Gasteiger partial charge on any atom is 0.241 e. The molecule has 2 saturated heterocycles. The van der Waals surface area contributed by atoms with E-state index in [4.69, 9.17) is 4.74 Å². The third-order valence-electron chi connectivity index (χ3n) is 5.77. The van der Waals surface area contributed by atoms with Crippen LogP contribution in [0.25, 0.3) is 0 Å². The molecule has 4 rings (SSSR count). The number of para-hydroxylation sites is 1. The van der Waals surface area contributed by atoms with Gasteiger partial charge in [0.15, 0.2) is 0 Å². The van der Waals surface area contributed by atoms with E-state index in [0.29, 0.717) is 13.1 Å². The molecule has 0 saturated carbocycles. The first kappa shape index (κ1) is 20.6. The fraction of sp³-hybridized carbons (Fsp3) is 0.435. The summed E-state index contributed by atoms with van der Waals surface area (Å²) in [5, 5.41) is 3.34. The van der Waals surface area contributed by atoms with Gasteiger partial charge < -0.3 is 19.9 Å². The second kappa shape index (κ2) is 9.91. The van der Waals surface area contributed by atoms with Crippen molar-refractivity contribution in [3.8, 4) is 0 Å². The van der Waals surface area contributed by atoms with Crippen molar-refractivity contribution in [2.75, 3.05) is 69.2 Å². The molecule has 0 atom stereocenters. The second-order valence-electron chi connectivity index (χ2n) is 7.74. The minimum absolute atomic E-state index is 0.106. The van der Waals surface area contributed by atoms with E-state index in [1.165, 1.54) is 17.7 Å². The first-order chi connectivity index (χ1) is 14.7. The Morgan fingerprint density at radius 1 is 0.933 bits per heavy atom. The van der Waals surface area contributed by atoms with Crippen LogP contribution in [0.2, 0.25) is 0 Å². The van der Waals surface area contributed by atoms with E-state index in [1.807, 2.05) is 23.1 Å². The Morgan fingerprint density at radius 3 is 2.37 bits per heavy atom. The van der Waals surface area contributed by atoms with Gasteiger partial charge in [0.25, 0.3) is 0 Å². The monoisotopic (exact) mass is 412 g/mol. The number of carbonyl (C=O) groups excluding carboxylic acids is 1. The number of carbonyl (C=O) groups is 1. The van der Waals surface area contributed by atoms with E-state index in [1.54, 1.807) is 12.1 Å². The molecule has 2 aliphatic rings. The summed E-state index contributed by atoms with van der Waals surface area (Å²) in [5.74, 6) is -0.123. The third kappa shape index (κ3) is 5.29. The van der Waals surface area contributed by atoms with Crippen LogP contribution in [0.1, 0.15) is 5.56 Å². The van der Waals surface area contributed by atoms with E-state index >= 15 is 0 Å². The normalized spacial score (nSPS) is 17.8. The number of halogens is 1. The molecule has 0 bridgehead atoms. The van der Waals surface area contributed by atoms with Crippen molar-refractivity contribution in [1.29, 1.82) is 0 Å². The van der Waals surface area contributed by atoms with Gasteiger partial charge in [0.2, 0.25) is 5.91 Å². The lowest BCUT2D eigenvalue weighted by molar-refractivity contribution is -0.129. The molecular formula is C23H29FN4O2. The highest BCUT2D eigenvalue weighted by Crippen LogP contribution is 2.19. The maximum absolute atomic E-state index is 13.1. The molecule has 7 heteroatoms. The highest BCUT2D eigenvalue weighted by Gasteiger charge is 2.21. The highest BCUT2D eigenvalue weighted by molar-refractivity contribution is 5.81. The fourth-order valence-electron chi connectivity index (χ4n) is 3.98. The van der Waals surface area contributed by atoms with Gasteiger partial charge >= 0.3 is 0 Å². The van der Waals surface area contributed by atoms with E-state index in [9.17, 15) is 9.18 Å². The van der Waals surface area contributed by atoms with E-state index in [0.717, 1.165) is 57.3 Å². The molecule has 2 aliphatic heterocycles. The summed E-state index contributed by atoms with van der Waals surface area (Å²) < 4.78 is 18.5. The van der Waals surface area contributed by atoms with Gasteiger partial charge in [-0.25, -0.2) is 4.39 Å². The lowest BCUT2D eigenvalue weighted by Crippen LogP contribution is -2.50. The molecule has 2 fully saturated rings. The van der Waals surface area contributed by atoms with Gasteiger partial charge in [-0.15, -0.1) is 0 Å². The molecule has 0 radical (unpaired) electrons. The molecule has 2 aromatic rings. The zero-order valence-corrected chi connectivity index (χ0v) is 17.2. The average molecular weight is 413 g/mol. The Labute approximate surface area is 177 Å². The average Bonchev–Trinajstić information content (AvgIpc) is 2.80. The lowest BCUT2D eigenvalue weighted by Gasteiger charge is -2.36. The van der Waals surface area contributed by atoms with E-state index in [2.05, 4.69) is 21.2 Å². The van der Waals surface area contributed by atoms with Gasteiger partial charge in [-0.05, 0) is 35.9 Å². The molecule has 2 aromatic carbocycles. The first-order valence-electron chi connectivity index (χ1n) is 10.6. The number of morpholine rings is 1. The van der Waals surface area contributed by atoms with E-state index < -0.39 is 0 Å². The summed E-state index contributed by atoms with van der Waals surface area (Å²) in [6, 6.07) is 14.7. The Balaban J connectivity index is 1.27. The minimum Gasteiger partial charge on any atom is -0.379 e. The zero-order chi connectivity index (χ0) is 20.8. The number of hydrogen-bond acceptors (Lipinski definition) is 5. The van der Waals surface area contributed by atoms with Crippen molar-refractivity contribution in [2.24, 2.45) is 0 Å². The number of benzene rings is 2. The van der Waals surface area contributed by atoms with Gasteiger partial charge in [0.1, 0.15) is 5.82 Å². The van der Waals surface area contributed by atoms with Crippen LogP contribution in [0, 0.1) is 5.82 Å². The fourth-order valence-corrected chi connectivity index (χ4v) is 3.98. The van der Waals surface area contributed by atoms with Crippen molar-refractivity contribution in [2.45, 2.75) is 6.54 Å². The van der Waals surface area contributed by atoms with Crippen LogP contribution in [0.15, 0.2) is 48.5 Å². The third-order valence-corrected chi connectivity index (χ3v) is 5.77. The van der Waals surface area contributed by atoms with Crippen LogP contribution in [0.3, 0.4) is 0 Å². The van der Waals surface area contributed by atoms with Gasteiger partial charge in [-0.3, -0.25) is 9.69 Å². The molecule has 1 amide bonds. The Bertz CT molecular complexity index is 831. The molecule has 30 heavy (non-hydrogen) atoms. The SMILES string of the molecule is O=C(CNc1ccccc1CN1CCOCC1)N1CCN(c2ccc(F)cc2)CC1. The van der Waals surface area contributed by atoms with Crippen LogP contribution in [-0.2, 0) is 16.1 Å². The summed E-state index contributed by atoms with van der Waals surface area (Å²) in [4.78, 5) is 19.2. The van der Waals surface area contributed by atoms with Crippen molar-refractivity contribution < 1.29 is 13.9 Å². The number of hydrogen-bond donors (Lipinski definition) is 1. The zero-order valence-electron chi connectivity index (χ0n) is 17.2. The minimum atomic E-state index is -0.229. The van der Waals surface area contributed by atoms with Crippen molar-refractivity contribution in [3.63, 3.8) is 0 Å². The van der Waals surface area contributed by atoms with Crippen LogP contribution < -0.4 is 10.2 Å². The van der Waals surface area contributed by atoms with Crippen molar-refractivity contribution >= 4 is 17.3 Å². The smallest absolute Gasteiger partial charge is 0.241 e. The van der Waals surface area contributed by atoms with Gasteiger partial charge in [0.05, 0.1) is 19.8 Å². The lowest BCUT2D eigenvalue weighted by atomic mass is 10.1. The predicted molar refractivity (Wildman–Crippen MR) is 116 cm³/mol. The Hall–Kier alpha value is -2.64. The summed E-state index contributed by atoms with van der Waals surface area (Å²) in [7, 11) is 0. The van der Waals surface area contributed by atoms with Crippen LogP contribution in [0.4, 0.5) is 15.8 Å². The molecular weight excluding hydrogens is 383 g/mol. The van der Waals surface area contributed by atoms with Crippen LogP contribution >= 0.6 is 0 Å². The first-order valence-corrected chi connectivity index (χ1v) is 10.6. The summed E-state index contributed by atoms with van der Waals surface area (Å²) in [6.45, 7) is 7.43. The largest absolute Gasteiger partial charge is 0.379 e. The number of piperazine rings is 1. The molecule has 6 nitrogen and oxygen atoms in total. The van der Waals surface area contributed by atoms with E-state index in [-0.39, 0.29) is 18.3 Å². The number of ether oxygens (including phenoxy) is 1. The number of amides is 1. The quantitative estimate of drug-likeness (QED) is 0.790. The van der Waals surface area contributed by atoms with Gasteiger partial charge in [0, 0.05) is 57.2 Å². The molecule has 0 aliphatic carbocycles. The van der Waals surface area contributed by atoms with Crippen LogP contribution in [-0.4, -0.2) is 74.7 Å². The summed E-state index contributed by atoms with van der Waals surface area (Å²) in [5.41, 5.74) is 3.22. The predicted octanol–water partition coefficient (Wildman–Crippen LogP) is 2.42. The van der Waals surface area contributed by atoms with Crippen LogP contribution in [0.5, 0.6) is 0 Å². The van der Waals surface area contributed by atoms with Crippen molar-refractivity contribution in [3.05, 3.63) is 59.9 Å². The standard InChI is InChI=1S/C23H29FN4O2/c24-20-5-7-21(8-6-20)27-9-11-28(12-10-27)23(29)17-25-22-4-2-1-3-19(22)18-26-13-15-30-16-14-26/h1-8,25H,9-18H2. The maximum atomic E-state index is 13.1. The molecule has 160 valence electrons. The van der Waals surface area contributed by atoms with Crippen molar-refractivity contribution in [1.82, 2.24) is 9.80 Å². The van der Waals surface area contributed by atoms with Gasteiger partial charge in [-0.2, -0.15) is 0 Å². The highest BCUT2D eigenvalue weighted by atomic mass is 19.1. The topological polar surface area (TPSA) is 48.1 Å². The molecule has 0 unspecified atom stereocenters.